The molecular formula is C48H62N2O6. The lowest BCUT2D eigenvalue weighted by Gasteiger charge is -2.09. The van der Waals surface area contributed by atoms with Crippen LogP contribution in [0.15, 0.2) is 102 Å². The van der Waals surface area contributed by atoms with E-state index in [1.807, 2.05) is 24.3 Å². The van der Waals surface area contributed by atoms with Crippen molar-refractivity contribution < 1.29 is 28.5 Å². The van der Waals surface area contributed by atoms with Crippen LogP contribution in [0.3, 0.4) is 0 Å². The zero-order valence-corrected chi connectivity index (χ0v) is 33.6. The molecule has 0 aliphatic rings. The summed E-state index contributed by atoms with van der Waals surface area (Å²) in [5, 5.41) is 4.08. The second-order valence-corrected chi connectivity index (χ2v) is 14.3. The smallest absolute Gasteiger partial charge is 0.343 e. The molecule has 56 heavy (non-hydrogen) atoms. The Labute approximate surface area is 335 Å². The van der Waals surface area contributed by atoms with Crippen molar-refractivity contribution in [2.75, 3.05) is 13.2 Å². The van der Waals surface area contributed by atoms with E-state index in [4.69, 9.17) is 18.9 Å². The van der Waals surface area contributed by atoms with Crippen LogP contribution in [0.5, 0.6) is 23.0 Å². The molecule has 1 N–H and O–H groups in total. The van der Waals surface area contributed by atoms with Crippen LogP contribution in [0.1, 0.15) is 148 Å². The van der Waals surface area contributed by atoms with Crippen LogP contribution in [0.4, 0.5) is 0 Å². The number of ether oxygens (including phenoxy) is 4. The maximum absolute atomic E-state index is 12.7. The maximum Gasteiger partial charge on any atom is 0.343 e. The first kappa shape index (κ1) is 43.6. The van der Waals surface area contributed by atoms with Crippen molar-refractivity contribution in [2.45, 2.75) is 123 Å². The molecule has 8 nitrogen and oxygen atoms in total. The van der Waals surface area contributed by atoms with E-state index in [1.165, 1.54) is 96.1 Å². The van der Waals surface area contributed by atoms with Crippen LogP contribution in [0.25, 0.3) is 0 Å². The van der Waals surface area contributed by atoms with Crippen molar-refractivity contribution in [1.82, 2.24) is 5.43 Å². The van der Waals surface area contributed by atoms with Gasteiger partial charge in [-0.2, -0.15) is 5.10 Å². The number of esters is 1. The summed E-state index contributed by atoms with van der Waals surface area (Å²) in [4.78, 5) is 25.3. The summed E-state index contributed by atoms with van der Waals surface area (Å²) in [6, 6.07) is 28.8. The Morgan fingerprint density at radius 1 is 0.500 bits per heavy atom. The van der Waals surface area contributed by atoms with Gasteiger partial charge in [0.2, 0.25) is 0 Å². The quantitative estimate of drug-likeness (QED) is 0.0203. The molecule has 0 spiro atoms. The Hall–Kier alpha value is -5.11. The summed E-state index contributed by atoms with van der Waals surface area (Å²) >= 11 is 0. The Kier molecular flexibility index (Phi) is 20.8. The number of unbranched alkanes of at least 4 members (excludes halogenated alkanes) is 14. The van der Waals surface area contributed by atoms with E-state index >= 15 is 0 Å². The Balaban J connectivity index is 1.09. The van der Waals surface area contributed by atoms with Gasteiger partial charge >= 0.3 is 5.97 Å². The van der Waals surface area contributed by atoms with E-state index in [9.17, 15) is 9.59 Å². The van der Waals surface area contributed by atoms with Gasteiger partial charge in [0.25, 0.3) is 5.91 Å². The van der Waals surface area contributed by atoms with Gasteiger partial charge in [0.05, 0.1) is 25.0 Å². The predicted molar refractivity (Wildman–Crippen MR) is 226 cm³/mol. The maximum atomic E-state index is 12.7. The highest BCUT2D eigenvalue weighted by atomic mass is 16.5. The van der Waals surface area contributed by atoms with Crippen molar-refractivity contribution in [1.29, 1.82) is 0 Å². The number of carbonyl (C=O) groups is 2. The fourth-order valence-electron chi connectivity index (χ4n) is 6.11. The third kappa shape index (κ3) is 17.6. The molecule has 0 saturated heterocycles. The van der Waals surface area contributed by atoms with Gasteiger partial charge in [0.15, 0.2) is 0 Å². The van der Waals surface area contributed by atoms with E-state index in [-0.39, 0.29) is 5.91 Å². The third-order valence-corrected chi connectivity index (χ3v) is 9.54. The molecule has 300 valence electrons. The van der Waals surface area contributed by atoms with Crippen molar-refractivity contribution >= 4 is 18.1 Å². The molecule has 0 fully saturated rings. The average molecular weight is 763 g/mol. The van der Waals surface area contributed by atoms with Crippen molar-refractivity contribution in [2.24, 2.45) is 5.10 Å². The van der Waals surface area contributed by atoms with Crippen LogP contribution >= 0.6 is 0 Å². The molecule has 0 heterocycles. The minimum absolute atomic E-state index is 0.342. The second-order valence-electron chi connectivity index (χ2n) is 14.3. The van der Waals surface area contributed by atoms with E-state index in [2.05, 4.69) is 24.4 Å². The van der Waals surface area contributed by atoms with Gasteiger partial charge < -0.3 is 18.9 Å². The molecule has 4 aromatic carbocycles. The van der Waals surface area contributed by atoms with Gasteiger partial charge in [0.1, 0.15) is 29.6 Å². The van der Waals surface area contributed by atoms with Crippen LogP contribution < -0.4 is 24.4 Å². The topological polar surface area (TPSA) is 95.5 Å². The minimum Gasteiger partial charge on any atom is -0.494 e. The van der Waals surface area contributed by atoms with Crippen LogP contribution in [0.2, 0.25) is 0 Å². The zero-order valence-electron chi connectivity index (χ0n) is 33.6. The summed E-state index contributed by atoms with van der Waals surface area (Å²) < 4.78 is 23.2. The second kappa shape index (κ2) is 26.7. The third-order valence-electron chi connectivity index (χ3n) is 9.54. The SMILES string of the molecule is CCCCCCCCCCOc1ccc(COc2ccc(C(=O)N/N=C/c3ccc(OC(=O)c4ccc(OCCCCCCCCCC)cc4)cc3)cc2)cc1. The summed E-state index contributed by atoms with van der Waals surface area (Å²) in [5.74, 6) is 1.90. The molecule has 0 aromatic heterocycles. The molecule has 8 heteroatoms. The highest BCUT2D eigenvalue weighted by Crippen LogP contribution is 2.19. The number of hydrogen-bond acceptors (Lipinski definition) is 7. The molecule has 4 aromatic rings. The van der Waals surface area contributed by atoms with E-state index < -0.39 is 5.97 Å². The Morgan fingerprint density at radius 3 is 1.45 bits per heavy atom. The molecule has 0 aliphatic heterocycles. The molecule has 0 aliphatic carbocycles. The molecule has 0 unspecified atom stereocenters. The summed E-state index contributed by atoms with van der Waals surface area (Å²) in [6.45, 7) is 6.32. The van der Waals surface area contributed by atoms with Crippen molar-refractivity contribution in [3.63, 3.8) is 0 Å². The first-order valence-corrected chi connectivity index (χ1v) is 20.9. The largest absolute Gasteiger partial charge is 0.494 e. The van der Waals surface area contributed by atoms with Crippen LogP contribution in [0, 0.1) is 0 Å². The van der Waals surface area contributed by atoms with E-state index in [0.717, 1.165) is 42.1 Å². The lowest BCUT2D eigenvalue weighted by atomic mass is 10.1. The number of nitrogens with zero attached hydrogens (tertiary/aromatic N) is 1. The summed E-state index contributed by atoms with van der Waals surface area (Å²) in [6.07, 6.45) is 21.8. The Bertz CT molecular complexity index is 1690. The van der Waals surface area contributed by atoms with Gasteiger partial charge in [0, 0.05) is 5.56 Å². The number of hydrazone groups is 1. The number of carbonyl (C=O) groups excluding carboxylic acids is 2. The number of amides is 1. The molecule has 0 saturated carbocycles. The number of hydrogen-bond donors (Lipinski definition) is 1. The minimum atomic E-state index is -0.451. The number of nitrogens with one attached hydrogen (secondary N) is 1. The van der Waals surface area contributed by atoms with Gasteiger partial charge in [-0.1, -0.05) is 116 Å². The lowest BCUT2D eigenvalue weighted by molar-refractivity contribution is 0.0734. The first-order valence-electron chi connectivity index (χ1n) is 20.9. The monoisotopic (exact) mass is 762 g/mol. The highest BCUT2D eigenvalue weighted by molar-refractivity contribution is 5.95. The number of benzene rings is 4. The highest BCUT2D eigenvalue weighted by Gasteiger charge is 2.10. The normalized spacial score (nSPS) is 11.0. The van der Waals surface area contributed by atoms with Gasteiger partial charge in [-0.15, -0.1) is 0 Å². The molecule has 1 amide bonds. The van der Waals surface area contributed by atoms with Crippen molar-refractivity contribution in [3.05, 3.63) is 119 Å². The van der Waals surface area contributed by atoms with E-state index in [1.54, 1.807) is 72.8 Å². The lowest BCUT2D eigenvalue weighted by Crippen LogP contribution is -2.17. The fraction of sp³-hybridized carbons (Fsp3) is 0.438. The van der Waals surface area contributed by atoms with Gasteiger partial charge in [-0.25, -0.2) is 10.2 Å². The number of rotatable bonds is 28. The van der Waals surface area contributed by atoms with Crippen LogP contribution in [-0.2, 0) is 6.61 Å². The van der Waals surface area contributed by atoms with Gasteiger partial charge in [-0.05, 0) is 109 Å². The standard InChI is InChI=1S/C48H62N2O6/c1-3-5-7-9-11-13-15-17-35-53-43-27-21-40(22-28-43)38-55-45-31-23-41(24-32-45)47(51)50-49-37-39-19-29-46(30-20-39)56-48(52)42-25-33-44(34-26-42)54-36-18-16-14-12-10-8-6-4-2/h19-34,37H,3-18,35-36,38H2,1-2H3,(H,50,51)/b49-37+. The molecule has 0 bridgehead atoms. The first-order chi connectivity index (χ1) is 27.5. The van der Waals surface area contributed by atoms with Crippen LogP contribution in [-0.4, -0.2) is 31.3 Å². The molecule has 0 radical (unpaired) electrons. The van der Waals surface area contributed by atoms with Gasteiger partial charge in [-0.3, -0.25) is 4.79 Å². The molecule has 4 rings (SSSR count). The zero-order chi connectivity index (χ0) is 39.5. The predicted octanol–water partition coefficient (Wildman–Crippen LogP) is 12.3. The summed E-state index contributed by atoms with van der Waals surface area (Å²) in [5.41, 5.74) is 5.21. The van der Waals surface area contributed by atoms with E-state index in [0.29, 0.717) is 35.8 Å². The van der Waals surface area contributed by atoms with Crippen molar-refractivity contribution in [3.8, 4) is 23.0 Å². The Morgan fingerprint density at radius 2 is 0.929 bits per heavy atom. The molecule has 0 atom stereocenters. The average Bonchev–Trinajstić information content (AvgIpc) is 3.23. The molecular weight excluding hydrogens is 701 g/mol. The summed E-state index contributed by atoms with van der Waals surface area (Å²) in [7, 11) is 0. The fourth-order valence-corrected chi connectivity index (χ4v) is 6.11.